The van der Waals surface area contributed by atoms with E-state index >= 15 is 0 Å². The van der Waals surface area contributed by atoms with Crippen LogP contribution in [0.5, 0.6) is 5.88 Å². The molecule has 1 amide bonds. The van der Waals surface area contributed by atoms with Gasteiger partial charge < -0.3 is 9.64 Å². The van der Waals surface area contributed by atoms with Crippen LogP contribution in [0.3, 0.4) is 0 Å². The first-order valence-electron chi connectivity index (χ1n) is 9.09. The molecule has 2 aromatic rings. The van der Waals surface area contributed by atoms with E-state index in [1.807, 2.05) is 6.92 Å². The summed E-state index contributed by atoms with van der Waals surface area (Å²) in [6.07, 6.45) is -2.60. The van der Waals surface area contributed by atoms with Crippen molar-refractivity contribution in [2.75, 3.05) is 6.54 Å². The number of hydrogen-bond donors (Lipinski definition) is 0. The standard InChI is InChI=1S/C18H23F3N4O2/c1-4-5-12-8-16(26)24(9-12)10-13-17(18(19,20)21)22-14-6-7-15(23-25(13)14)27-11(2)3/h6-7,11-12H,4-5,8-10H2,1-3H3. The van der Waals surface area contributed by atoms with Gasteiger partial charge in [-0.05, 0) is 32.3 Å². The molecule has 148 valence electrons. The molecule has 0 aromatic carbocycles. The molecule has 0 saturated carbocycles. The van der Waals surface area contributed by atoms with Crippen molar-refractivity contribution in [1.29, 1.82) is 0 Å². The molecule has 1 unspecified atom stereocenters. The summed E-state index contributed by atoms with van der Waals surface area (Å²) in [5.74, 6) is 0.261. The highest BCUT2D eigenvalue weighted by atomic mass is 19.4. The zero-order chi connectivity index (χ0) is 19.8. The van der Waals surface area contributed by atoms with E-state index in [0.717, 1.165) is 17.4 Å². The highest BCUT2D eigenvalue weighted by Crippen LogP contribution is 2.34. The summed E-state index contributed by atoms with van der Waals surface area (Å²) in [6, 6.07) is 2.93. The van der Waals surface area contributed by atoms with Crippen LogP contribution < -0.4 is 4.74 Å². The number of likely N-dealkylation sites (tertiary alicyclic amines) is 1. The van der Waals surface area contributed by atoms with Crippen LogP contribution in [-0.4, -0.2) is 38.1 Å². The monoisotopic (exact) mass is 384 g/mol. The summed E-state index contributed by atoms with van der Waals surface area (Å²) >= 11 is 0. The second kappa shape index (κ2) is 7.36. The van der Waals surface area contributed by atoms with Crippen LogP contribution in [0, 0.1) is 5.92 Å². The van der Waals surface area contributed by atoms with E-state index in [-0.39, 0.29) is 41.7 Å². The van der Waals surface area contributed by atoms with Crippen molar-refractivity contribution in [2.45, 2.75) is 58.9 Å². The van der Waals surface area contributed by atoms with Gasteiger partial charge in [0.25, 0.3) is 0 Å². The minimum atomic E-state index is -4.63. The van der Waals surface area contributed by atoms with Crippen LogP contribution >= 0.6 is 0 Å². The fraction of sp³-hybridized carbons (Fsp3) is 0.611. The second-order valence-electron chi connectivity index (χ2n) is 7.15. The summed E-state index contributed by atoms with van der Waals surface area (Å²) < 4.78 is 47.2. The van der Waals surface area contributed by atoms with Crippen molar-refractivity contribution in [2.24, 2.45) is 5.92 Å². The molecule has 0 spiro atoms. The SMILES string of the molecule is CCCC1CC(=O)N(Cc2c(C(F)(F)F)nc3ccc(OC(C)C)nn23)C1. The quantitative estimate of drug-likeness (QED) is 0.762. The number of alkyl halides is 3. The Bertz CT molecular complexity index is 832. The molecule has 6 nitrogen and oxygen atoms in total. The van der Waals surface area contributed by atoms with E-state index in [9.17, 15) is 18.0 Å². The Balaban J connectivity index is 1.99. The number of rotatable bonds is 6. The molecule has 0 radical (unpaired) electrons. The molecular weight excluding hydrogens is 361 g/mol. The zero-order valence-electron chi connectivity index (χ0n) is 15.6. The topological polar surface area (TPSA) is 59.7 Å². The number of aromatic nitrogens is 3. The van der Waals surface area contributed by atoms with Crippen molar-refractivity contribution in [3.05, 3.63) is 23.5 Å². The Morgan fingerprint density at radius 2 is 2.07 bits per heavy atom. The predicted molar refractivity (Wildman–Crippen MR) is 92.2 cm³/mol. The molecule has 1 atom stereocenters. The summed E-state index contributed by atoms with van der Waals surface area (Å²) in [7, 11) is 0. The van der Waals surface area contributed by atoms with Gasteiger partial charge in [-0.1, -0.05) is 13.3 Å². The molecule has 0 aliphatic carbocycles. The minimum absolute atomic E-state index is 0.0742. The maximum absolute atomic E-state index is 13.5. The molecule has 27 heavy (non-hydrogen) atoms. The maximum Gasteiger partial charge on any atom is 0.435 e. The Labute approximate surface area is 155 Å². The number of halogens is 3. The summed E-state index contributed by atoms with van der Waals surface area (Å²) in [5, 5.41) is 4.17. The van der Waals surface area contributed by atoms with Gasteiger partial charge in [0.05, 0.1) is 18.3 Å². The van der Waals surface area contributed by atoms with Crippen molar-refractivity contribution >= 4 is 11.6 Å². The van der Waals surface area contributed by atoms with E-state index < -0.39 is 11.9 Å². The first kappa shape index (κ1) is 19.4. The number of imidazole rings is 1. The van der Waals surface area contributed by atoms with Gasteiger partial charge in [0, 0.05) is 19.0 Å². The van der Waals surface area contributed by atoms with Gasteiger partial charge >= 0.3 is 6.18 Å². The van der Waals surface area contributed by atoms with Crippen molar-refractivity contribution in [1.82, 2.24) is 19.5 Å². The van der Waals surface area contributed by atoms with Gasteiger partial charge in [-0.3, -0.25) is 4.79 Å². The number of nitrogens with zero attached hydrogens (tertiary/aromatic N) is 4. The summed E-state index contributed by atoms with van der Waals surface area (Å²) in [4.78, 5) is 17.4. The predicted octanol–water partition coefficient (Wildman–Crippen LogP) is 3.68. The smallest absolute Gasteiger partial charge is 0.435 e. The average molecular weight is 384 g/mol. The van der Waals surface area contributed by atoms with Crippen molar-refractivity contribution in [3.63, 3.8) is 0 Å². The zero-order valence-corrected chi connectivity index (χ0v) is 15.6. The van der Waals surface area contributed by atoms with Crippen molar-refractivity contribution in [3.8, 4) is 5.88 Å². The Hall–Kier alpha value is -2.32. The number of ether oxygens (including phenoxy) is 1. The van der Waals surface area contributed by atoms with Crippen LogP contribution in [0.1, 0.15) is 51.4 Å². The van der Waals surface area contributed by atoms with E-state index in [2.05, 4.69) is 10.1 Å². The summed E-state index contributed by atoms with van der Waals surface area (Å²) in [6.45, 7) is 5.92. The van der Waals surface area contributed by atoms with Gasteiger partial charge in [-0.2, -0.15) is 13.2 Å². The van der Waals surface area contributed by atoms with Gasteiger partial charge in [0.1, 0.15) is 0 Å². The molecule has 1 saturated heterocycles. The second-order valence-corrected chi connectivity index (χ2v) is 7.15. The molecule has 3 heterocycles. The average Bonchev–Trinajstić information content (AvgIpc) is 3.08. The molecule has 2 aromatic heterocycles. The van der Waals surface area contributed by atoms with Gasteiger partial charge in [-0.15, -0.1) is 5.10 Å². The Morgan fingerprint density at radius 3 is 2.70 bits per heavy atom. The number of fused-ring (bicyclic) bond motifs is 1. The molecule has 9 heteroatoms. The highest BCUT2D eigenvalue weighted by molar-refractivity contribution is 5.78. The first-order chi connectivity index (χ1) is 12.7. The van der Waals surface area contributed by atoms with Crippen LogP contribution in [0.4, 0.5) is 13.2 Å². The highest BCUT2D eigenvalue weighted by Gasteiger charge is 2.40. The normalized spacial score (nSPS) is 18.1. The van der Waals surface area contributed by atoms with Crippen LogP contribution in [0.15, 0.2) is 12.1 Å². The van der Waals surface area contributed by atoms with Crippen LogP contribution in [-0.2, 0) is 17.5 Å². The molecular formula is C18H23F3N4O2. The van der Waals surface area contributed by atoms with Gasteiger partial charge in [0.15, 0.2) is 11.3 Å². The molecule has 1 aliphatic heterocycles. The number of carbonyl (C=O) groups excluding carboxylic acids is 1. The Kier molecular flexibility index (Phi) is 5.30. The van der Waals surface area contributed by atoms with Crippen LogP contribution in [0.25, 0.3) is 5.65 Å². The summed E-state index contributed by atoms with van der Waals surface area (Å²) in [5.41, 5.74) is -1.08. The lowest BCUT2D eigenvalue weighted by atomic mass is 10.0. The fourth-order valence-electron chi connectivity index (χ4n) is 3.42. The lowest BCUT2D eigenvalue weighted by Gasteiger charge is -2.18. The maximum atomic E-state index is 13.5. The van der Waals surface area contributed by atoms with Crippen LogP contribution in [0.2, 0.25) is 0 Å². The molecule has 1 aliphatic rings. The Morgan fingerprint density at radius 1 is 1.33 bits per heavy atom. The molecule has 0 N–H and O–H groups in total. The molecule has 1 fully saturated rings. The molecule has 0 bridgehead atoms. The number of amides is 1. The fourth-order valence-corrected chi connectivity index (χ4v) is 3.42. The number of hydrogen-bond acceptors (Lipinski definition) is 4. The third-order valence-corrected chi connectivity index (χ3v) is 4.50. The van der Waals surface area contributed by atoms with E-state index in [4.69, 9.17) is 4.74 Å². The van der Waals surface area contributed by atoms with Crippen molar-refractivity contribution < 1.29 is 22.7 Å². The van der Waals surface area contributed by atoms with Gasteiger partial charge in [-0.25, -0.2) is 9.50 Å². The largest absolute Gasteiger partial charge is 0.474 e. The first-order valence-corrected chi connectivity index (χ1v) is 9.09. The third kappa shape index (κ3) is 4.17. The molecule has 3 rings (SSSR count). The van der Waals surface area contributed by atoms with E-state index in [1.165, 1.54) is 17.0 Å². The minimum Gasteiger partial charge on any atom is -0.474 e. The van der Waals surface area contributed by atoms with E-state index in [1.54, 1.807) is 13.8 Å². The van der Waals surface area contributed by atoms with E-state index in [0.29, 0.717) is 13.0 Å². The lowest BCUT2D eigenvalue weighted by Crippen LogP contribution is -2.27. The number of carbonyl (C=O) groups is 1. The lowest BCUT2D eigenvalue weighted by molar-refractivity contribution is -0.142. The third-order valence-electron chi connectivity index (χ3n) is 4.50. The van der Waals surface area contributed by atoms with Gasteiger partial charge in [0.2, 0.25) is 11.8 Å².